The number of benzene rings is 1. The summed E-state index contributed by atoms with van der Waals surface area (Å²) in [6.07, 6.45) is 5.26. The normalized spacial score (nSPS) is 20.3. The van der Waals surface area contributed by atoms with Crippen molar-refractivity contribution >= 4 is 38.1 Å². The molecule has 2 amide bonds. The summed E-state index contributed by atoms with van der Waals surface area (Å²) in [7, 11) is -3.28. The molecule has 1 atom stereocenters. The average Bonchev–Trinajstić information content (AvgIpc) is 3.59. The van der Waals surface area contributed by atoms with E-state index in [2.05, 4.69) is 10.3 Å². The number of ether oxygens (including phenoxy) is 1. The van der Waals surface area contributed by atoms with Crippen LogP contribution in [0, 0.1) is 0 Å². The van der Waals surface area contributed by atoms with Crippen LogP contribution in [-0.2, 0) is 24.2 Å². The van der Waals surface area contributed by atoms with E-state index in [-0.39, 0.29) is 29.1 Å². The molecule has 0 spiro atoms. The van der Waals surface area contributed by atoms with E-state index < -0.39 is 15.9 Å². The van der Waals surface area contributed by atoms with Crippen LogP contribution >= 0.6 is 11.3 Å². The number of nitrogens with one attached hydrogen (secondary N) is 1. The maximum atomic E-state index is 13.3. The Labute approximate surface area is 210 Å². The Morgan fingerprint density at radius 2 is 1.77 bits per heavy atom. The van der Waals surface area contributed by atoms with Gasteiger partial charge in [0.2, 0.25) is 5.91 Å². The average molecular weight is 518 g/mol. The number of likely N-dealkylation sites (tertiary alicyclic amines) is 1. The van der Waals surface area contributed by atoms with Gasteiger partial charge in [0.25, 0.3) is 5.91 Å². The first-order chi connectivity index (χ1) is 16.8. The van der Waals surface area contributed by atoms with Gasteiger partial charge in [0, 0.05) is 31.3 Å². The fourth-order valence-electron chi connectivity index (χ4n) is 4.59. The first kappa shape index (κ1) is 24.4. The molecule has 2 heterocycles. The van der Waals surface area contributed by atoms with Crippen LogP contribution in [0.4, 0.5) is 5.13 Å². The van der Waals surface area contributed by atoms with Crippen LogP contribution in [0.15, 0.2) is 34.5 Å². The van der Waals surface area contributed by atoms with Crippen molar-refractivity contribution in [3.05, 3.63) is 40.9 Å². The smallest absolute Gasteiger partial charge is 0.259 e. The monoisotopic (exact) mass is 517 g/mol. The minimum Gasteiger partial charge on any atom is -0.360 e. The molecule has 2 saturated carbocycles. The fourth-order valence-corrected chi connectivity index (χ4v) is 7.04. The molecule has 2 aliphatic carbocycles. The molecule has 5 rings (SSSR count). The van der Waals surface area contributed by atoms with E-state index in [1.165, 1.54) is 11.3 Å². The maximum Gasteiger partial charge on any atom is 0.259 e. The molecule has 1 saturated heterocycles. The molecule has 1 aromatic heterocycles. The van der Waals surface area contributed by atoms with E-state index in [4.69, 9.17) is 4.74 Å². The molecule has 10 heteroatoms. The van der Waals surface area contributed by atoms with Crippen LogP contribution in [0.3, 0.4) is 0 Å². The molecule has 1 N–H and O–H groups in total. The highest BCUT2D eigenvalue weighted by Gasteiger charge is 2.37. The highest BCUT2D eigenvalue weighted by Crippen LogP contribution is 2.36. The standard InChI is InChI=1S/C25H31N3O5S2/c1-16(29)28-13-11-17(12-14-28)22-15-34-25(26-22)27-24(30)23(33-19-3-2-4-19)18-5-7-20(8-6-18)35(31,32)21-9-10-21/h5-8,15,17,19,21,23H,2-4,9-14H2,1H3,(H,26,27,30). The number of carbonyl (C=O) groups is 2. The van der Waals surface area contributed by atoms with Crippen LogP contribution < -0.4 is 5.32 Å². The number of thiazole rings is 1. The summed E-state index contributed by atoms with van der Waals surface area (Å²) in [5.41, 5.74) is 1.58. The van der Waals surface area contributed by atoms with Gasteiger partial charge in [-0.25, -0.2) is 13.4 Å². The quantitative estimate of drug-likeness (QED) is 0.566. The van der Waals surface area contributed by atoms with Gasteiger partial charge < -0.3 is 9.64 Å². The van der Waals surface area contributed by atoms with E-state index in [1.807, 2.05) is 10.3 Å². The lowest BCUT2D eigenvalue weighted by Crippen LogP contribution is -2.36. The third-order valence-electron chi connectivity index (χ3n) is 7.20. The minimum atomic E-state index is -3.28. The van der Waals surface area contributed by atoms with Crippen molar-refractivity contribution in [2.45, 2.75) is 80.1 Å². The second-order valence-corrected chi connectivity index (χ2v) is 12.8. The summed E-state index contributed by atoms with van der Waals surface area (Å²) in [5, 5.41) is 5.14. The number of anilines is 1. The number of hydrogen-bond acceptors (Lipinski definition) is 7. The SMILES string of the molecule is CC(=O)N1CCC(c2csc(NC(=O)C(OC3CCC3)c3ccc(S(=O)(=O)C4CC4)cc3)n2)CC1. The molecule has 3 aliphatic rings. The maximum absolute atomic E-state index is 13.3. The Morgan fingerprint density at radius 1 is 1.09 bits per heavy atom. The van der Waals surface area contributed by atoms with E-state index >= 15 is 0 Å². The van der Waals surface area contributed by atoms with Gasteiger partial charge in [0.15, 0.2) is 21.1 Å². The summed E-state index contributed by atoms with van der Waals surface area (Å²) in [4.78, 5) is 31.6. The Morgan fingerprint density at radius 3 is 2.34 bits per heavy atom. The summed E-state index contributed by atoms with van der Waals surface area (Å²) in [6.45, 7) is 3.05. The fraction of sp³-hybridized carbons (Fsp3) is 0.560. The first-order valence-corrected chi connectivity index (χ1v) is 14.7. The molecule has 1 aliphatic heterocycles. The van der Waals surface area contributed by atoms with Crippen molar-refractivity contribution in [3.63, 3.8) is 0 Å². The van der Waals surface area contributed by atoms with Crippen molar-refractivity contribution in [1.29, 1.82) is 0 Å². The molecule has 8 nitrogen and oxygen atoms in total. The van der Waals surface area contributed by atoms with Gasteiger partial charge in [-0.15, -0.1) is 11.3 Å². The predicted molar refractivity (Wildman–Crippen MR) is 133 cm³/mol. The lowest BCUT2D eigenvalue weighted by Gasteiger charge is -2.30. The van der Waals surface area contributed by atoms with Crippen molar-refractivity contribution < 1.29 is 22.7 Å². The van der Waals surface area contributed by atoms with Gasteiger partial charge in [-0.05, 0) is 62.6 Å². The molecule has 188 valence electrons. The number of aromatic nitrogens is 1. The number of nitrogens with zero attached hydrogens (tertiary/aromatic N) is 2. The Bertz CT molecular complexity index is 1180. The van der Waals surface area contributed by atoms with Crippen molar-refractivity contribution in [2.24, 2.45) is 0 Å². The summed E-state index contributed by atoms with van der Waals surface area (Å²) >= 11 is 1.39. The van der Waals surface area contributed by atoms with Crippen LogP contribution in [-0.4, -0.2) is 54.6 Å². The molecular weight excluding hydrogens is 486 g/mol. The summed E-state index contributed by atoms with van der Waals surface area (Å²) < 4.78 is 31.2. The molecule has 1 aromatic carbocycles. The molecule has 0 bridgehead atoms. The van der Waals surface area contributed by atoms with Crippen LogP contribution in [0.1, 0.15) is 75.1 Å². The number of hydrogen-bond donors (Lipinski definition) is 1. The Kier molecular flexibility index (Phi) is 6.96. The highest BCUT2D eigenvalue weighted by atomic mass is 32.2. The zero-order valence-corrected chi connectivity index (χ0v) is 21.4. The van der Waals surface area contributed by atoms with Gasteiger partial charge in [-0.3, -0.25) is 14.9 Å². The van der Waals surface area contributed by atoms with Crippen molar-refractivity contribution in [1.82, 2.24) is 9.88 Å². The third kappa shape index (κ3) is 5.44. The zero-order valence-electron chi connectivity index (χ0n) is 19.8. The van der Waals surface area contributed by atoms with Gasteiger partial charge in [0.1, 0.15) is 0 Å². The van der Waals surface area contributed by atoms with Gasteiger partial charge >= 0.3 is 0 Å². The van der Waals surface area contributed by atoms with Crippen LogP contribution in [0.25, 0.3) is 0 Å². The van der Waals surface area contributed by atoms with E-state index in [0.29, 0.717) is 28.4 Å². The molecule has 0 radical (unpaired) electrons. The number of amides is 2. The second kappa shape index (κ2) is 9.99. The van der Waals surface area contributed by atoms with Gasteiger partial charge in [0.05, 0.1) is 21.9 Å². The Hall–Kier alpha value is -2.30. The van der Waals surface area contributed by atoms with E-state index in [0.717, 1.165) is 50.9 Å². The number of rotatable bonds is 8. The number of carbonyl (C=O) groups excluding carboxylic acids is 2. The zero-order chi connectivity index (χ0) is 24.6. The molecule has 2 aromatic rings. The first-order valence-electron chi connectivity index (χ1n) is 12.3. The van der Waals surface area contributed by atoms with Crippen LogP contribution in [0.2, 0.25) is 0 Å². The van der Waals surface area contributed by atoms with Crippen molar-refractivity contribution in [2.75, 3.05) is 18.4 Å². The van der Waals surface area contributed by atoms with Crippen LogP contribution in [0.5, 0.6) is 0 Å². The summed E-state index contributed by atoms with van der Waals surface area (Å²) in [6, 6.07) is 6.55. The number of piperidine rings is 1. The highest BCUT2D eigenvalue weighted by molar-refractivity contribution is 7.92. The minimum absolute atomic E-state index is 0.0268. The van der Waals surface area contributed by atoms with E-state index in [1.54, 1.807) is 31.2 Å². The molecule has 1 unspecified atom stereocenters. The Balaban J connectivity index is 1.27. The van der Waals surface area contributed by atoms with Crippen molar-refractivity contribution in [3.8, 4) is 0 Å². The lowest BCUT2D eigenvalue weighted by atomic mass is 9.94. The second-order valence-electron chi connectivity index (χ2n) is 9.73. The third-order valence-corrected chi connectivity index (χ3v) is 10.3. The topological polar surface area (TPSA) is 106 Å². The van der Waals surface area contributed by atoms with Gasteiger partial charge in [-0.1, -0.05) is 12.1 Å². The lowest BCUT2D eigenvalue weighted by molar-refractivity contribution is -0.135. The largest absolute Gasteiger partial charge is 0.360 e. The van der Waals surface area contributed by atoms with Gasteiger partial charge in [-0.2, -0.15) is 0 Å². The number of sulfone groups is 1. The molecule has 3 fully saturated rings. The molecular formula is C25H31N3O5S2. The van der Waals surface area contributed by atoms with E-state index in [9.17, 15) is 18.0 Å². The molecule has 35 heavy (non-hydrogen) atoms. The summed E-state index contributed by atoms with van der Waals surface area (Å²) in [5.74, 6) is 0.0721. The predicted octanol–water partition coefficient (Wildman–Crippen LogP) is 4.05.